The van der Waals surface area contributed by atoms with Crippen LogP contribution in [0.3, 0.4) is 0 Å². The van der Waals surface area contributed by atoms with Crippen molar-refractivity contribution in [1.82, 2.24) is 9.97 Å². The highest BCUT2D eigenvalue weighted by Crippen LogP contribution is 2.29. The van der Waals surface area contributed by atoms with Crippen LogP contribution in [-0.4, -0.2) is 9.97 Å². The van der Waals surface area contributed by atoms with Crippen LogP contribution in [0.4, 0.5) is 0 Å². The third-order valence-corrected chi connectivity index (χ3v) is 3.91. The van der Waals surface area contributed by atoms with Crippen LogP contribution in [-0.2, 0) is 0 Å². The maximum atomic E-state index is 11.3. The van der Waals surface area contributed by atoms with Crippen molar-refractivity contribution >= 4 is 27.0 Å². The van der Waals surface area contributed by atoms with Gasteiger partial charge in [0.05, 0.1) is 11.0 Å². The van der Waals surface area contributed by atoms with E-state index in [1.165, 1.54) is 0 Å². The third-order valence-electron chi connectivity index (χ3n) is 2.92. The summed E-state index contributed by atoms with van der Waals surface area (Å²) in [4.78, 5) is 27.9. The summed E-state index contributed by atoms with van der Waals surface area (Å²) in [6, 6.07) is 5.69. The first-order chi connectivity index (χ1) is 8.61. The highest BCUT2D eigenvalue weighted by molar-refractivity contribution is 9.09. The number of nitrogens with one attached hydrogen (secondary N) is 2. The van der Waals surface area contributed by atoms with Gasteiger partial charge in [-0.1, -0.05) is 41.8 Å². The van der Waals surface area contributed by atoms with Crippen LogP contribution >= 0.6 is 15.9 Å². The number of hydrogen-bond donors (Lipinski definition) is 2. The second-order valence-corrected chi connectivity index (χ2v) is 5.43. The number of aromatic nitrogens is 2. The van der Waals surface area contributed by atoms with Crippen molar-refractivity contribution < 1.29 is 0 Å². The Labute approximate surface area is 113 Å². The third kappa shape index (κ3) is 2.72. The Hall–Kier alpha value is -1.36. The second kappa shape index (κ2) is 5.52. The molecule has 0 spiro atoms. The fourth-order valence-electron chi connectivity index (χ4n) is 1.88. The second-order valence-electron chi connectivity index (χ2n) is 4.32. The molecule has 2 N–H and O–H groups in total. The number of unbranched alkanes of at least 4 members (excludes halogenated alkanes) is 1. The van der Waals surface area contributed by atoms with Crippen molar-refractivity contribution in [2.45, 2.75) is 31.0 Å². The fourth-order valence-corrected chi connectivity index (χ4v) is 2.49. The molecule has 2 rings (SSSR count). The molecule has 0 aliphatic heterocycles. The van der Waals surface area contributed by atoms with E-state index < -0.39 is 11.1 Å². The van der Waals surface area contributed by atoms with Gasteiger partial charge in [0.25, 0.3) is 0 Å². The molecule has 0 saturated carbocycles. The van der Waals surface area contributed by atoms with Gasteiger partial charge < -0.3 is 9.97 Å². The summed E-state index contributed by atoms with van der Waals surface area (Å²) in [7, 11) is 0. The Balaban J connectivity index is 2.41. The number of fused-ring (bicyclic) bond motifs is 1. The zero-order valence-corrected chi connectivity index (χ0v) is 11.7. The molecule has 5 heteroatoms. The fraction of sp³-hybridized carbons (Fsp3) is 0.385. The standard InChI is InChI=1S/C13H15BrN2O2/c1-2-3-4-9(14)8-5-6-10-11(7-8)16-13(18)12(17)15-10/h5-7,9H,2-4H2,1H3,(H,15,17)(H,16,18). The molecule has 2 aromatic rings. The quantitative estimate of drug-likeness (QED) is 0.673. The average molecular weight is 311 g/mol. The molecule has 0 aliphatic rings. The SMILES string of the molecule is CCCCC(Br)c1ccc2[nH]c(=O)c(=O)[nH]c2c1. The van der Waals surface area contributed by atoms with Gasteiger partial charge in [0.15, 0.2) is 0 Å². The van der Waals surface area contributed by atoms with Gasteiger partial charge >= 0.3 is 11.1 Å². The maximum Gasteiger partial charge on any atom is 0.314 e. The van der Waals surface area contributed by atoms with Gasteiger partial charge in [0, 0.05) is 4.83 Å². The predicted octanol–water partition coefficient (Wildman–Crippen LogP) is 2.84. The van der Waals surface area contributed by atoms with E-state index in [0.717, 1.165) is 24.8 Å². The number of hydrogen-bond acceptors (Lipinski definition) is 2. The smallest absolute Gasteiger partial charge is 0.314 e. The van der Waals surface area contributed by atoms with E-state index in [1.807, 2.05) is 18.2 Å². The molecule has 18 heavy (non-hydrogen) atoms. The van der Waals surface area contributed by atoms with Crippen LogP contribution in [0.1, 0.15) is 36.6 Å². The lowest BCUT2D eigenvalue weighted by Crippen LogP contribution is -2.28. The van der Waals surface area contributed by atoms with E-state index in [-0.39, 0.29) is 4.83 Å². The molecule has 1 aromatic heterocycles. The van der Waals surface area contributed by atoms with Crippen molar-refractivity contribution in [3.63, 3.8) is 0 Å². The number of H-pyrrole nitrogens is 2. The molecule has 0 fully saturated rings. The summed E-state index contributed by atoms with van der Waals surface area (Å²) in [6.07, 6.45) is 3.35. The summed E-state index contributed by atoms with van der Waals surface area (Å²) >= 11 is 3.64. The number of benzene rings is 1. The van der Waals surface area contributed by atoms with Crippen molar-refractivity contribution in [2.75, 3.05) is 0 Å². The van der Waals surface area contributed by atoms with Crippen molar-refractivity contribution in [3.8, 4) is 0 Å². The minimum atomic E-state index is -0.614. The van der Waals surface area contributed by atoms with Crippen LogP contribution in [0, 0.1) is 0 Å². The summed E-state index contributed by atoms with van der Waals surface area (Å²) < 4.78 is 0. The molecule has 0 bridgehead atoms. The minimum absolute atomic E-state index is 0.275. The number of aromatic amines is 2. The summed E-state index contributed by atoms with van der Waals surface area (Å²) in [6.45, 7) is 2.16. The minimum Gasteiger partial charge on any atom is -0.316 e. The van der Waals surface area contributed by atoms with Crippen LogP contribution in [0.15, 0.2) is 27.8 Å². The maximum absolute atomic E-state index is 11.3. The van der Waals surface area contributed by atoms with Crippen molar-refractivity contribution in [3.05, 3.63) is 44.5 Å². The van der Waals surface area contributed by atoms with Gasteiger partial charge in [-0.05, 0) is 24.1 Å². The Morgan fingerprint density at radius 1 is 1.17 bits per heavy atom. The first-order valence-corrected chi connectivity index (χ1v) is 6.93. The van der Waals surface area contributed by atoms with E-state index in [1.54, 1.807) is 0 Å². The summed E-state index contributed by atoms with van der Waals surface area (Å²) in [5.74, 6) is 0. The number of rotatable bonds is 4. The molecule has 1 aromatic carbocycles. The molecule has 1 unspecified atom stereocenters. The van der Waals surface area contributed by atoms with Crippen molar-refractivity contribution in [2.24, 2.45) is 0 Å². The van der Waals surface area contributed by atoms with Gasteiger partial charge in [-0.15, -0.1) is 0 Å². The van der Waals surface area contributed by atoms with Crippen LogP contribution < -0.4 is 11.1 Å². The van der Waals surface area contributed by atoms with Gasteiger partial charge in [-0.3, -0.25) is 9.59 Å². The van der Waals surface area contributed by atoms with Crippen LogP contribution in [0.5, 0.6) is 0 Å². The van der Waals surface area contributed by atoms with Gasteiger partial charge in [-0.2, -0.15) is 0 Å². The Kier molecular flexibility index (Phi) is 4.01. The Bertz CT molecular complexity index is 660. The molecule has 1 atom stereocenters. The van der Waals surface area contributed by atoms with E-state index in [0.29, 0.717) is 11.0 Å². The van der Waals surface area contributed by atoms with Crippen LogP contribution in [0.25, 0.3) is 11.0 Å². The van der Waals surface area contributed by atoms with Gasteiger partial charge in [0.1, 0.15) is 0 Å². The van der Waals surface area contributed by atoms with Gasteiger partial charge in [-0.25, -0.2) is 0 Å². The largest absolute Gasteiger partial charge is 0.316 e. The monoisotopic (exact) mass is 310 g/mol. The van der Waals surface area contributed by atoms with E-state index >= 15 is 0 Å². The molecular weight excluding hydrogens is 296 g/mol. The lowest BCUT2D eigenvalue weighted by atomic mass is 10.1. The number of halogens is 1. The van der Waals surface area contributed by atoms with Crippen LogP contribution in [0.2, 0.25) is 0 Å². The molecule has 96 valence electrons. The molecule has 0 amide bonds. The Morgan fingerprint density at radius 2 is 1.83 bits per heavy atom. The highest BCUT2D eigenvalue weighted by Gasteiger charge is 2.08. The van der Waals surface area contributed by atoms with E-state index in [9.17, 15) is 9.59 Å². The van der Waals surface area contributed by atoms with Gasteiger partial charge in [0.2, 0.25) is 0 Å². The van der Waals surface area contributed by atoms with Crippen molar-refractivity contribution in [1.29, 1.82) is 0 Å². The predicted molar refractivity (Wildman–Crippen MR) is 76.4 cm³/mol. The lowest BCUT2D eigenvalue weighted by molar-refractivity contribution is 0.713. The topological polar surface area (TPSA) is 65.7 Å². The zero-order chi connectivity index (χ0) is 13.1. The molecule has 0 radical (unpaired) electrons. The molecule has 0 aliphatic carbocycles. The molecule has 4 nitrogen and oxygen atoms in total. The normalized spacial score (nSPS) is 12.8. The molecule has 1 heterocycles. The lowest BCUT2D eigenvalue weighted by Gasteiger charge is -2.10. The highest BCUT2D eigenvalue weighted by atomic mass is 79.9. The van der Waals surface area contributed by atoms with E-state index in [4.69, 9.17) is 0 Å². The molecule has 0 saturated heterocycles. The summed E-state index contributed by atoms with van der Waals surface area (Å²) in [5, 5.41) is 0. The molecular formula is C13H15BrN2O2. The zero-order valence-electron chi connectivity index (χ0n) is 10.1. The first kappa shape index (κ1) is 13.1. The average Bonchev–Trinajstić information content (AvgIpc) is 2.36. The Morgan fingerprint density at radius 3 is 2.50 bits per heavy atom. The van der Waals surface area contributed by atoms with E-state index in [2.05, 4.69) is 32.8 Å². The number of alkyl halides is 1. The first-order valence-electron chi connectivity index (χ1n) is 6.02. The summed E-state index contributed by atoms with van der Waals surface area (Å²) in [5.41, 5.74) is 1.20.